The van der Waals surface area contributed by atoms with Gasteiger partial charge in [-0.15, -0.1) is 0 Å². The van der Waals surface area contributed by atoms with Gasteiger partial charge in [0.05, 0.1) is 10.9 Å². The van der Waals surface area contributed by atoms with E-state index in [9.17, 15) is 9.90 Å². The molecule has 0 spiro atoms. The molecular formula is C20H19ClN2O3. The van der Waals surface area contributed by atoms with Gasteiger partial charge in [0.1, 0.15) is 22.6 Å². The lowest BCUT2D eigenvalue weighted by Gasteiger charge is -2.36. The molecule has 2 aromatic carbocycles. The van der Waals surface area contributed by atoms with E-state index in [0.717, 1.165) is 26.2 Å². The monoisotopic (exact) mass is 370 g/mol. The first-order valence-corrected chi connectivity index (χ1v) is 8.95. The molecule has 0 atom stereocenters. The van der Waals surface area contributed by atoms with Gasteiger partial charge in [0.25, 0.3) is 0 Å². The lowest BCUT2D eigenvalue weighted by atomic mass is 10.1. The summed E-state index contributed by atoms with van der Waals surface area (Å²) in [5.41, 5.74) is 1.98. The maximum Gasteiger partial charge on any atom is 0.211 e. The number of benzene rings is 2. The van der Waals surface area contributed by atoms with Crippen molar-refractivity contribution in [2.24, 2.45) is 0 Å². The van der Waals surface area contributed by atoms with Crippen LogP contribution in [0.5, 0.6) is 5.75 Å². The molecule has 0 unspecified atom stereocenters. The molecule has 0 radical (unpaired) electrons. The summed E-state index contributed by atoms with van der Waals surface area (Å²) in [5.74, 6) is 0.133. The Morgan fingerprint density at radius 1 is 1.04 bits per heavy atom. The molecule has 0 amide bonds. The van der Waals surface area contributed by atoms with Crippen LogP contribution in [-0.4, -0.2) is 36.2 Å². The summed E-state index contributed by atoms with van der Waals surface area (Å²) in [5, 5.41) is 10.7. The van der Waals surface area contributed by atoms with Crippen LogP contribution in [0.4, 0.5) is 5.69 Å². The summed E-state index contributed by atoms with van der Waals surface area (Å²) in [6.07, 6.45) is 1.24. The topological polar surface area (TPSA) is 56.9 Å². The maximum atomic E-state index is 12.2. The predicted octanol–water partition coefficient (Wildman–Crippen LogP) is 3.47. The average molecular weight is 371 g/mol. The van der Waals surface area contributed by atoms with E-state index in [4.69, 9.17) is 16.0 Å². The number of anilines is 1. The van der Waals surface area contributed by atoms with Gasteiger partial charge < -0.3 is 14.4 Å². The first-order valence-electron chi connectivity index (χ1n) is 8.57. The van der Waals surface area contributed by atoms with Gasteiger partial charge in [-0.3, -0.25) is 9.69 Å². The molecule has 1 aromatic heterocycles. The van der Waals surface area contributed by atoms with Gasteiger partial charge in [-0.05, 0) is 24.3 Å². The Bertz CT molecular complexity index is 980. The molecular weight excluding hydrogens is 352 g/mol. The van der Waals surface area contributed by atoms with E-state index in [1.807, 2.05) is 18.2 Å². The summed E-state index contributed by atoms with van der Waals surface area (Å²) in [6, 6.07) is 13.4. The maximum absolute atomic E-state index is 12.2. The molecule has 26 heavy (non-hydrogen) atoms. The number of hydrogen-bond acceptors (Lipinski definition) is 5. The number of fused-ring (bicyclic) bond motifs is 1. The summed E-state index contributed by atoms with van der Waals surface area (Å²) >= 11 is 5.86. The molecule has 134 valence electrons. The van der Waals surface area contributed by atoms with Crippen molar-refractivity contribution in [2.45, 2.75) is 6.54 Å². The number of para-hydroxylation sites is 1. The second kappa shape index (κ2) is 7.02. The third-order valence-corrected chi connectivity index (χ3v) is 5.11. The molecule has 4 rings (SSSR count). The molecule has 0 bridgehead atoms. The van der Waals surface area contributed by atoms with Gasteiger partial charge in [-0.25, -0.2) is 0 Å². The van der Waals surface area contributed by atoms with E-state index in [0.29, 0.717) is 23.1 Å². The molecule has 1 aliphatic rings. The van der Waals surface area contributed by atoms with E-state index in [2.05, 4.69) is 21.9 Å². The third-order valence-electron chi connectivity index (χ3n) is 4.85. The van der Waals surface area contributed by atoms with Crippen LogP contribution >= 0.6 is 11.6 Å². The largest absolute Gasteiger partial charge is 0.507 e. The second-order valence-electron chi connectivity index (χ2n) is 6.45. The highest BCUT2D eigenvalue weighted by molar-refractivity contribution is 6.30. The Hall–Kier alpha value is -2.50. The van der Waals surface area contributed by atoms with Crippen LogP contribution < -0.4 is 10.3 Å². The fraction of sp³-hybridized carbons (Fsp3) is 0.250. The SMILES string of the molecule is O=c1c(Cl)coc2c(CN3CCN(c4ccccc4)CC3)c(O)ccc12. The number of piperazine rings is 1. The van der Waals surface area contributed by atoms with Gasteiger partial charge in [-0.1, -0.05) is 29.8 Å². The molecule has 0 aliphatic carbocycles. The van der Waals surface area contributed by atoms with Crippen LogP contribution in [0.25, 0.3) is 11.0 Å². The zero-order valence-electron chi connectivity index (χ0n) is 14.2. The fourth-order valence-electron chi connectivity index (χ4n) is 3.40. The number of phenols is 1. The molecule has 1 saturated heterocycles. The minimum absolute atomic E-state index is 0.0469. The van der Waals surface area contributed by atoms with Crippen LogP contribution in [0.1, 0.15) is 5.56 Å². The summed E-state index contributed by atoms with van der Waals surface area (Å²) in [4.78, 5) is 16.8. The Balaban J connectivity index is 1.54. The van der Waals surface area contributed by atoms with E-state index in [1.54, 1.807) is 6.07 Å². The zero-order chi connectivity index (χ0) is 18.1. The highest BCUT2D eigenvalue weighted by atomic mass is 35.5. The first kappa shape index (κ1) is 16.9. The van der Waals surface area contributed by atoms with Crippen molar-refractivity contribution >= 4 is 28.3 Å². The first-order chi connectivity index (χ1) is 12.6. The number of aromatic hydroxyl groups is 1. The minimum Gasteiger partial charge on any atom is -0.507 e. The number of rotatable bonds is 3. The Morgan fingerprint density at radius 3 is 2.50 bits per heavy atom. The van der Waals surface area contributed by atoms with Gasteiger partial charge in [0.15, 0.2) is 0 Å². The minimum atomic E-state index is -0.275. The van der Waals surface area contributed by atoms with Crippen LogP contribution in [-0.2, 0) is 6.54 Å². The van der Waals surface area contributed by atoms with Crippen molar-refractivity contribution in [3.05, 3.63) is 69.5 Å². The number of phenolic OH excluding ortho intramolecular Hbond substituents is 1. The van der Waals surface area contributed by atoms with Crippen LogP contribution in [0.15, 0.2) is 57.9 Å². The van der Waals surface area contributed by atoms with Crippen molar-refractivity contribution < 1.29 is 9.52 Å². The normalized spacial score (nSPS) is 15.5. The van der Waals surface area contributed by atoms with E-state index < -0.39 is 0 Å². The van der Waals surface area contributed by atoms with Crippen molar-refractivity contribution in [1.29, 1.82) is 0 Å². The van der Waals surface area contributed by atoms with Crippen molar-refractivity contribution in [3.63, 3.8) is 0 Å². The van der Waals surface area contributed by atoms with E-state index in [-0.39, 0.29) is 16.2 Å². The van der Waals surface area contributed by atoms with E-state index in [1.165, 1.54) is 18.0 Å². The van der Waals surface area contributed by atoms with Crippen LogP contribution in [0.3, 0.4) is 0 Å². The lowest BCUT2D eigenvalue weighted by molar-refractivity contribution is 0.246. The fourth-order valence-corrected chi connectivity index (χ4v) is 3.55. The molecule has 1 fully saturated rings. The standard InChI is InChI=1S/C20H19ClN2O3/c21-17-13-26-20-15(19(17)25)6-7-18(24)16(20)12-22-8-10-23(11-9-22)14-4-2-1-3-5-14/h1-7,13,24H,8-12H2. The lowest BCUT2D eigenvalue weighted by Crippen LogP contribution is -2.46. The van der Waals surface area contributed by atoms with Gasteiger partial charge in [0, 0.05) is 38.4 Å². The molecule has 1 aliphatic heterocycles. The van der Waals surface area contributed by atoms with Gasteiger partial charge >= 0.3 is 0 Å². The smallest absolute Gasteiger partial charge is 0.211 e. The van der Waals surface area contributed by atoms with Gasteiger partial charge in [0.2, 0.25) is 5.43 Å². The number of nitrogens with zero attached hydrogens (tertiary/aromatic N) is 2. The second-order valence-corrected chi connectivity index (χ2v) is 6.86. The summed E-state index contributed by atoms with van der Waals surface area (Å²) in [7, 11) is 0. The van der Waals surface area contributed by atoms with Crippen molar-refractivity contribution in [3.8, 4) is 5.75 Å². The van der Waals surface area contributed by atoms with Crippen LogP contribution in [0.2, 0.25) is 5.02 Å². The third kappa shape index (κ3) is 3.16. The molecule has 1 N–H and O–H groups in total. The zero-order valence-corrected chi connectivity index (χ0v) is 14.9. The summed E-state index contributed by atoms with van der Waals surface area (Å²) < 4.78 is 5.54. The van der Waals surface area contributed by atoms with E-state index >= 15 is 0 Å². The predicted molar refractivity (Wildman–Crippen MR) is 103 cm³/mol. The Labute approximate surface area is 156 Å². The van der Waals surface area contributed by atoms with Crippen molar-refractivity contribution in [1.82, 2.24) is 4.90 Å². The molecule has 5 nitrogen and oxygen atoms in total. The highest BCUT2D eigenvalue weighted by Crippen LogP contribution is 2.28. The molecule has 2 heterocycles. The molecule has 6 heteroatoms. The molecule has 0 saturated carbocycles. The Kier molecular flexibility index (Phi) is 4.57. The quantitative estimate of drug-likeness (QED) is 0.765. The van der Waals surface area contributed by atoms with Gasteiger partial charge in [-0.2, -0.15) is 0 Å². The van der Waals surface area contributed by atoms with Crippen LogP contribution in [0, 0.1) is 0 Å². The van der Waals surface area contributed by atoms with Crippen molar-refractivity contribution in [2.75, 3.05) is 31.1 Å². The summed E-state index contributed by atoms with van der Waals surface area (Å²) in [6.45, 7) is 4.07. The average Bonchev–Trinajstić information content (AvgIpc) is 2.68. The number of hydrogen-bond donors (Lipinski definition) is 1. The highest BCUT2D eigenvalue weighted by Gasteiger charge is 2.21. The Morgan fingerprint density at radius 2 is 1.77 bits per heavy atom. The number of halogens is 1. The molecule has 3 aromatic rings.